The highest BCUT2D eigenvalue weighted by Crippen LogP contribution is 2.44. The summed E-state index contributed by atoms with van der Waals surface area (Å²) in [5.41, 5.74) is 1.06. The van der Waals surface area contributed by atoms with Gasteiger partial charge in [-0.3, -0.25) is 20.0 Å². The molecule has 3 heterocycles. The van der Waals surface area contributed by atoms with E-state index in [0.717, 1.165) is 18.5 Å². The second-order valence-corrected chi connectivity index (χ2v) is 7.62. The highest BCUT2D eigenvalue weighted by Gasteiger charge is 2.45. The topological polar surface area (TPSA) is 111 Å². The van der Waals surface area contributed by atoms with Crippen LogP contribution in [0.3, 0.4) is 0 Å². The van der Waals surface area contributed by atoms with Gasteiger partial charge >= 0.3 is 6.03 Å². The van der Waals surface area contributed by atoms with Crippen LogP contribution in [0.15, 0.2) is 43.0 Å². The lowest BCUT2D eigenvalue weighted by Crippen LogP contribution is -2.38. The molecule has 0 aromatic carbocycles. The molecule has 0 saturated heterocycles. The van der Waals surface area contributed by atoms with Gasteiger partial charge in [0.15, 0.2) is 0 Å². The summed E-state index contributed by atoms with van der Waals surface area (Å²) in [5, 5.41) is 4.93. The normalized spacial score (nSPS) is 14.1. The average molecular weight is 406 g/mol. The van der Waals surface area contributed by atoms with Crippen LogP contribution < -0.4 is 15.4 Å². The van der Waals surface area contributed by atoms with E-state index in [-0.39, 0.29) is 5.91 Å². The highest BCUT2D eigenvalue weighted by atomic mass is 16.5. The number of urea groups is 1. The molecule has 0 aliphatic heterocycles. The number of imidazole rings is 1. The first-order chi connectivity index (χ1) is 14.3. The van der Waals surface area contributed by atoms with Crippen LogP contribution in [0.5, 0.6) is 11.5 Å². The number of ether oxygens (including phenoxy) is 1. The second-order valence-electron chi connectivity index (χ2n) is 7.62. The Bertz CT molecular complexity index is 1120. The third-order valence-corrected chi connectivity index (χ3v) is 4.98. The van der Waals surface area contributed by atoms with E-state index in [1.165, 1.54) is 0 Å². The van der Waals surface area contributed by atoms with Crippen LogP contribution in [0, 0.1) is 19.3 Å². The highest BCUT2D eigenvalue weighted by molar-refractivity contribution is 6.03. The Morgan fingerprint density at radius 1 is 1.17 bits per heavy atom. The second kappa shape index (κ2) is 7.58. The van der Waals surface area contributed by atoms with Crippen LogP contribution in [0.2, 0.25) is 0 Å². The molecule has 1 fully saturated rings. The summed E-state index contributed by atoms with van der Waals surface area (Å²) in [6.07, 6.45) is 6.81. The predicted octanol–water partition coefficient (Wildman–Crippen LogP) is 3.52. The van der Waals surface area contributed by atoms with E-state index in [1.807, 2.05) is 24.6 Å². The van der Waals surface area contributed by atoms with Crippen LogP contribution in [-0.4, -0.2) is 31.5 Å². The molecule has 3 aromatic rings. The van der Waals surface area contributed by atoms with E-state index in [1.54, 1.807) is 43.7 Å². The quantitative estimate of drug-likeness (QED) is 0.671. The number of imide groups is 1. The number of aromatic nitrogens is 4. The fraction of sp³-hybridized carbons (Fsp3) is 0.286. The molecule has 1 saturated carbocycles. The molecule has 4 rings (SSSR count). The van der Waals surface area contributed by atoms with E-state index >= 15 is 0 Å². The summed E-state index contributed by atoms with van der Waals surface area (Å²) in [5.74, 6) is 1.89. The van der Waals surface area contributed by atoms with Crippen molar-refractivity contribution in [1.29, 1.82) is 0 Å². The van der Waals surface area contributed by atoms with Crippen molar-refractivity contribution in [1.82, 2.24) is 24.8 Å². The molecule has 154 valence electrons. The molecular formula is C21H22N6O3. The van der Waals surface area contributed by atoms with Crippen molar-refractivity contribution >= 4 is 17.8 Å². The van der Waals surface area contributed by atoms with E-state index in [0.29, 0.717) is 28.8 Å². The molecule has 0 unspecified atom stereocenters. The minimum Gasteiger partial charge on any atom is -0.455 e. The maximum atomic E-state index is 12.0. The number of carbonyl (C=O) groups is 2. The van der Waals surface area contributed by atoms with E-state index in [4.69, 9.17) is 4.74 Å². The number of pyridine rings is 2. The van der Waals surface area contributed by atoms with Crippen molar-refractivity contribution in [2.24, 2.45) is 5.41 Å². The number of aryl methyl sites for hydroxylation is 2. The van der Waals surface area contributed by atoms with Gasteiger partial charge < -0.3 is 4.74 Å². The molecule has 3 amide bonds. The number of amides is 3. The molecule has 1 aliphatic carbocycles. The Hall–Kier alpha value is -3.75. The van der Waals surface area contributed by atoms with Crippen LogP contribution in [0.25, 0.3) is 5.82 Å². The van der Waals surface area contributed by atoms with E-state index < -0.39 is 11.4 Å². The number of nitrogens with one attached hydrogen (secondary N) is 2. The zero-order valence-corrected chi connectivity index (χ0v) is 17.0. The summed E-state index contributed by atoms with van der Waals surface area (Å²) in [4.78, 5) is 36.9. The van der Waals surface area contributed by atoms with Crippen molar-refractivity contribution in [3.05, 3.63) is 54.4 Å². The summed E-state index contributed by atoms with van der Waals surface area (Å²) >= 11 is 0. The fourth-order valence-electron chi connectivity index (χ4n) is 2.82. The molecule has 0 spiro atoms. The Morgan fingerprint density at radius 2 is 1.97 bits per heavy atom. The molecule has 3 aromatic heterocycles. The van der Waals surface area contributed by atoms with Gasteiger partial charge in [-0.2, -0.15) is 0 Å². The minimum absolute atomic E-state index is 0.266. The van der Waals surface area contributed by atoms with Crippen molar-refractivity contribution in [3.63, 3.8) is 0 Å². The number of carbonyl (C=O) groups excluding carboxylic acids is 2. The molecular weight excluding hydrogens is 384 g/mol. The van der Waals surface area contributed by atoms with Gasteiger partial charge in [0.1, 0.15) is 29.5 Å². The SMILES string of the molecule is Cc1cn(-c2cc(Oc3ccc(NC(=O)NC(=O)C4(C)CC4)nc3C)ccn2)cn1. The Kier molecular flexibility index (Phi) is 4.94. The van der Waals surface area contributed by atoms with E-state index in [2.05, 4.69) is 25.6 Å². The Morgan fingerprint density at radius 3 is 2.63 bits per heavy atom. The third-order valence-electron chi connectivity index (χ3n) is 4.98. The van der Waals surface area contributed by atoms with Gasteiger partial charge in [-0.1, -0.05) is 6.92 Å². The zero-order chi connectivity index (χ0) is 21.3. The number of hydrogen-bond donors (Lipinski definition) is 2. The first-order valence-electron chi connectivity index (χ1n) is 9.57. The summed E-state index contributed by atoms with van der Waals surface area (Å²) in [6, 6.07) is 6.28. The fourth-order valence-corrected chi connectivity index (χ4v) is 2.82. The molecule has 9 nitrogen and oxygen atoms in total. The zero-order valence-electron chi connectivity index (χ0n) is 17.0. The number of hydrogen-bond acceptors (Lipinski definition) is 6. The monoisotopic (exact) mass is 406 g/mol. The number of anilines is 1. The van der Waals surface area contributed by atoms with Gasteiger partial charge in [-0.05, 0) is 44.9 Å². The largest absolute Gasteiger partial charge is 0.455 e. The summed E-state index contributed by atoms with van der Waals surface area (Å²) < 4.78 is 7.74. The number of nitrogens with zero attached hydrogens (tertiary/aromatic N) is 4. The third kappa shape index (κ3) is 4.29. The smallest absolute Gasteiger partial charge is 0.327 e. The van der Waals surface area contributed by atoms with Gasteiger partial charge in [0.05, 0.1) is 11.4 Å². The number of rotatable bonds is 5. The van der Waals surface area contributed by atoms with Crippen LogP contribution in [0.1, 0.15) is 31.2 Å². The van der Waals surface area contributed by atoms with E-state index in [9.17, 15) is 9.59 Å². The average Bonchev–Trinajstić information content (AvgIpc) is 3.31. The van der Waals surface area contributed by atoms with Crippen molar-refractivity contribution in [2.75, 3.05) is 5.32 Å². The van der Waals surface area contributed by atoms with Crippen LogP contribution in [0.4, 0.5) is 10.6 Å². The van der Waals surface area contributed by atoms with Gasteiger partial charge in [0.2, 0.25) is 5.91 Å². The molecule has 30 heavy (non-hydrogen) atoms. The lowest BCUT2D eigenvalue weighted by atomic mass is 10.1. The maximum Gasteiger partial charge on any atom is 0.327 e. The van der Waals surface area contributed by atoms with Crippen molar-refractivity contribution in [3.8, 4) is 17.3 Å². The molecule has 9 heteroatoms. The first kappa shape index (κ1) is 19.6. The molecule has 0 radical (unpaired) electrons. The predicted molar refractivity (Wildman–Crippen MR) is 110 cm³/mol. The van der Waals surface area contributed by atoms with Crippen LogP contribution in [-0.2, 0) is 4.79 Å². The van der Waals surface area contributed by atoms with Crippen molar-refractivity contribution < 1.29 is 14.3 Å². The lowest BCUT2D eigenvalue weighted by molar-refractivity contribution is -0.124. The molecule has 0 bridgehead atoms. The van der Waals surface area contributed by atoms with Gasteiger partial charge in [0, 0.05) is 23.9 Å². The molecule has 0 atom stereocenters. The summed E-state index contributed by atoms with van der Waals surface area (Å²) in [7, 11) is 0. The maximum absolute atomic E-state index is 12.0. The van der Waals surface area contributed by atoms with Crippen molar-refractivity contribution in [2.45, 2.75) is 33.6 Å². The Balaban J connectivity index is 1.42. The van der Waals surface area contributed by atoms with Crippen LogP contribution >= 0.6 is 0 Å². The van der Waals surface area contributed by atoms with Gasteiger partial charge in [-0.25, -0.2) is 19.7 Å². The standard InChI is InChI=1S/C21H22N6O3/c1-13-11-27(12-23-13)18-10-15(6-9-22-18)30-16-4-5-17(24-14(16)2)25-20(29)26-19(28)21(3)7-8-21/h4-6,9-12H,7-8H2,1-3H3,(H2,24,25,26,28,29). The molecule has 1 aliphatic rings. The summed E-state index contributed by atoms with van der Waals surface area (Å²) in [6.45, 7) is 5.52. The first-order valence-corrected chi connectivity index (χ1v) is 9.57. The van der Waals surface area contributed by atoms with Gasteiger partial charge in [-0.15, -0.1) is 0 Å². The Labute approximate surface area is 173 Å². The lowest BCUT2D eigenvalue weighted by Gasteiger charge is -2.12. The minimum atomic E-state index is -0.594. The molecule has 2 N–H and O–H groups in total. The van der Waals surface area contributed by atoms with Gasteiger partial charge in [0.25, 0.3) is 0 Å².